The number of unbranched alkanes of at least 4 members (excludes halogenated alkanes) is 11. The van der Waals surface area contributed by atoms with Gasteiger partial charge < -0.3 is 15.3 Å². The zero-order valence-corrected chi connectivity index (χ0v) is 13.4. The highest BCUT2D eigenvalue weighted by Gasteiger charge is 2.13. The number of aliphatic hydroxyl groups excluding tert-OH is 3. The van der Waals surface area contributed by atoms with Gasteiger partial charge in [-0.3, -0.25) is 0 Å². The van der Waals surface area contributed by atoms with Crippen LogP contribution in [0.15, 0.2) is 0 Å². The van der Waals surface area contributed by atoms with Gasteiger partial charge in [-0.25, -0.2) is 0 Å². The standard InChI is InChI=1S/C17H36O3/c1-2-3-4-5-6-7-8-9-10-11-12-13-14-16(19)17(20)15-18/h16-20H,2-15H2,1H3/t16-,17-/m0/s1. The Balaban J connectivity index is 3.10. The predicted molar refractivity (Wildman–Crippen MR) is 84.8 cm³/mol. The zero-order chi connectivity index (χ0) is 15.1. The Morgan fingerprint density at radius 3 is 1.40 bits per heavy atom. The molecule has 0 unspecified atom stereocenters. The molecule has 20 heavy (non-hydrogen) atoms. The third kappa shape index (κ3) is 12.9. The first-order valence-electron chi connectivity index (χ1n) is 8.69. The van der Waals surface area contributed by atoms with Crippen molar-refractivity contribution >= 4 is 0 Å². The van der Waals surface area contributed by atoms with Gasteiger partial charge in [-0.15, -0.1) is 0 Å². The summed E-state index contributed by atoms with van der Waals surface area (Å²) in [5, 5.41) is 27.4. The zero-order valence-electron chi connectivity index (χ0n) is 13.4. The summed E-state index contributed by atoms with van der Waals surface area (Å²) in [6.45, 7) is 1.91. The lowest BCUT2D eigenvalue weighted by molar-refractivity contribution is -0.0185. The first-order valence-corrected chi connectivity index (χ1v) is 8.69. The van der Waals surface area contributed by atoms with Crippen LogP contribution in [0.4, 0.5) is 0 Å². The Hall–Kier alpha value is -0.120. The molecule has 0 aromatic rings. The van der Waals surface area contributed by atoms with Gasteiger partial charge >= 0.3 is 0 Å². The Bertz CT molecular complexity index is 185. The summed E-state index contributed by atoms with van der Waals surface area (Å²) in [7, 11) is 0. The van der Waals surface area contributed by atoms with Gasteiger partial charge in [-0.2, -0.15) is 0 Å². The van der Waals surface area contributed by atoms with Crippen LogP contribution < -0.4 is 0 Å². The summed E-state index contributed by atoms with van der Waals surface area (Å²) in [6.07, 6.45) is 14.4. The van der Waals surface area contributed by atoms with Crippen LogP contribution in [0.3, 0.4) is 0 Å². The molecule has 0 saturated heterocycles. The molecule has 0 aliphatic rings. The summed E-state index contributed by atoms with van der Waals surface area (Å²) in [4.78, 5) is 0. The van der Waals surface area contributed by atoms with Gasteiger partial charge in [-0.05, 0) is 6.42 Å². The minimum Gasteiger partial charge on any atom is -0.394 e. The molecule has 0 rings (SSSR count). The average molecular weight is 288 g/mol. The van der Waals surface area contributed by atoms with E-state index in [1.54, 1.807) is 0 Å². The smallest absolute Gasteiger partial charge is 0.103 e. The van der Waals surface area contributed by atoms with Gasteiger partial charge in [0.15, 0.2) is 0 Å². The molecule has 2 atom stereocenters. The third-order valence-electron chi connectivity index (χ3n) is 3.98. The normalized spacial score (nSPS) is 14.4. The molecular formula is C17H36O3. The number of hydrogen-bond donors (Lipinski definition) is 3. The van der Waals surface area contributed by atoms with Gasteiger partial charge in [0.05, 0.1) is 12.7 Å². The lowest BCUT2D eigenvalue weighted by Gasteiger charge is -2.14. The lowest BCUT2D eigenvalue weighted by atomic mass is 10.0. The largest absolute Gasteiger partial charge is 0.394 e. The average Bonchev–Trinajstić information content (AvgIpc) is 2.47. The number of aliphatic hydroxyl groups is 3. The molecule has 0 spiro atoms. The van der Waals surface area contributed by atoms with Gasteiger partial charge in [0.25, 0.3) is 0 Å². The van der Waals surface area contributed by atoms with E-state index in [0.717, 1.165) is 12.8 Å². The maximum Gasteiger partial charge on any atom is 0.103 e. The molecule has 3 N–H and O–H groups in total. The van der Waals surface area contributed by atoms with Crippen LogP contribution in [-0.2, 0) is 0 Å². The Morgan fingerprint density at radius 2 is 1.00 bits per heavy atom. The molecule has 0 heterocycles. The molecule has 3 nitrogen and oxygen atoms in total. The van der Waals surface area contributed by atoms with Crippen molar-refractivity contribution in [3.63, 3.8) is 0 Å². The van der Waals surface area contributed by atoms with E-state index in [4.69, 9.17) is 5.11 Å². The van der Waals surface area contributed by atoms with Crippen molar-refractivity contribution in [1.29, 1.82) is 0 Å². The highest BCUT2D eigenvalue weighted by atomic mass is 16.4. The summed E-state index contributed by atoms with van der Waals surface area (Å²) >= 11 is 0. The van der Waals surface area contributed by atoms with Crippen molar-refractivity contribution in [2.45, 2.75) is 103 Å². The first kappa shape index (κ1) is 19.9. The maximum absolute atomic E-state index is 9.47. The van der Waals surface area contributed by atoms with Crippen LogP contribution >= 0.6 is 0 Å². The van der Waals surface area contributed by atoms with E-state index in [1.165, 1.54) is 64.2 Å². The minimum atomic E-state index is -0.970. The quantitative estimate of drug-likeness (QED) is 0.402. The number of rotatable bonds is 15. The fourth-order valence-electron chi connectivity index (χ4n) is 2.51. The van der Waals surface area contributed by atoms with Gasteiger partial charge in [0.2, 0.25) is 0 Å². The summed E-state index contributed by atoms with van der Waals surface area (Å²) in [5.41, 5.74) is 0. The lowest BCUT2D eigenvalue weighted by Crippen LogP contribution is -2.28. The van der Waals surface area contributed by atoms with Gasteiger partial charge in [0, 0.05) is 0 Å². The second-order valence-electron chi connectivity index (χ2n) is 6.00. The fraction of sp³-hybridized carbons (Fsp3) is 1.00. The SMILES string of the molecule is CCCCCCCCCCCCCC[C@H](O)[C@@H](O)CO. The van der Waals surface area contributed by atoms with Crippen LogP contribution in [0.5, 0.6) is 0 Å². The highest BCUT2D eigenvalue weighted by molar-refractivity contribution is 4.65. The molecule has 0 aromatic carbocycles. The summed E-state index contributed by atoms with van der Waals surface area (Å²) in [5.74, 6) is 0. The van der Waals surface area contributed by atoms with E-state index < -0.39 is 12.2 Å². The van der Waals surface area contributed by atoms with Gasteiger partial charge in [-0.1, -0.05) is 84.0 Å². The van der Waals surface area contributed by atoms with E-state index >= 15 is 0 Å². The van der Waals surface area contributed by atoms with E-state index in [0.29, 0.717) is 6.42 Å². The Kier molecular flexibility index (Phi) is 15.2. The molecule has 122 valence electrons. The number of hydrogen-bond acceptors (Lipinski definition) is 3. The molecule has 0 fully saturated rings. The molecule has 0 saturated carbocycles. The molecule has 0 aliphatic heterocycles. The fourth-order valence-corrected chi connectivity index (χ4v) is 2.51. The maximum atomic E-state index is 9.47. The molecule has 0 radical (unpaired) electrons. The Labute approximate surface area is 125 Å². The van der Waals surface area contributed by atoms with Crippen molar-refractivity contribution in [2.75, 3.05) is 6.61 Å². The summed E-state index contributed by atoms with van der Waals surface area (Å²) < 4.78 is 0. The van der Waals surface area contributed by atoms with Crippen molar-refractivity contribution < 1.29 is 15.3 Å². The van der Waals surface area contributed by atoms with E-state index in [9.17, 15) is 10.2 Å². The highest BCUT2D eigenvalue weighted by Crippen LogP contribution is 2.13. The second-order valence-corrected chi connectivity index (χ2v) is 6.00. The van der Waals surface area contributed by atoms with Crippen molar-refractivity contribution in [3.8, 4) is 0 Å². The van der Waals surface area contributed by atoms with E-state index in [1.807, 2.05) is 0 Å². The first-order chi connectivity index (χ1) is 9.72. The Morgan fingerprint density at radius 1 is 0.600 bits per heavy atom. The molecule has 0 aromatic heterocycles. The third-order valence-corrected chi connectivity index (χ3v) is 3.98. The molecule has 3 heteroatoms. The van der Waals surface area contributed by atoms with Crippen LogP contribution in [-0.4, -0.2) is 34.1 Å². The van der Waals surface area contributed by atoms with Gasteiger partial charge in [0.1, 0.15) is 6.10 Å². The molecule has 0 bridgehead atoms. The summed E-state index contributed by atoms with van der Waals surface area (Å²) in [6, 6.07) is 0. The van der Waals surface area contributed by atoms with Crippen molar-refractivity contribution in [1.82, 2.24) is 0 Å². The predicted octanol–water partition coefficient (Wildman–Crippen LogP) is 3.79. The van der Waals surface area contributed by atoms with Crippen LogP contribution in [0.1, 0.15) is 90.4 Å². The van der Waals surface area contributed by atoms with E-state index in [-0.39, 0.29) is 6.61 Å². The second kappa shape index (κ2) is 15.3. The van der Waals surface area contributed by atoms with E-state index in [2.05, 4.69) is 6.92 Å². The molecule has 0 aliphatic carbocycles. The van der Waals surface area contributed by atoms with Crippen molar-refractivity contribution in [2.24, 2.45) is 0 Å². The molecule has 0 amide bonds. The van der Waals surface area contributed by atoms with Crippen LogP contribution in [0.2, 0.25) is 0 Å². The van der Waals surface area contributed by atoms with Crippen molar-refractivity contribution in [3.05, 3.63) is 0 Å². The van der Waals surface area contributed by atoms with Crippen LogP contribution in [0.25, 0.3) is 0 Å². The minimum absolute atomic E-state index is 0.348. The van der Waals surface area contributed by atoms with Crippen LogP contribution in [0, 0.1) is 0 Å². The monoisotopic (exact) mass is 288 g/mol. The molecular weight excluding hydrogens is 252 g/mol. The topological polar surface area (TPSA) is 60.7 Å².